The highest BCUT2D eigenvalue weighted by Gasteiger charge is 2.17. The molecule has 0 amide bonds. The molecule has 0 aromatic heterocycles. The minimum atomic E-state index is -0.113. The van der Waals surface area contributed by atoms with Gasteiger partial charge in [0.25, 0.3) is 0 Å². The quantitative estimate of drug-likeness (QED) is 0.814. The molecule has 2 aromatic rings. The van der Waals surface area contributed by atoms with E-state index in [1.807, 2.05) is 42.5 Å². The van der Waals surface area contributed by atoms with Crippen molar-refractivity contribution in [3.05, 3.63) is 65.7 Å². The molecule has 0 saturated carbocycles. The van der Waals surface area contributed by atoms with Gasteiger partial charge >= 0.3 is 0 Å². The third-order valence-electron chi connectivity index (χ3n) is 3.27. The highest BCUT2D eigenvalue weighted by atomic mass is 16.5. The summed E-state index contributed by atoms with van der Waals surface area (Å²) in [5.74, 6) is 0.853. The van der Waals surface area contributed by atoms with Crippen LogP contribution in [-0.2, 0) is 11.2 Å². The van der Waals surface area contributed by atoms with Crippen molar-refractivity contribution in [1.82, 2.24) is 0 Å². The van der Waals surface area contributed by atoms with Crippen LogP contribution in [-0.4, -0.2) is 12.9 Å². The van der Waals surface area contributed by atoms with Crippen LogP contribution < -0.4 is 4.74 Å². The second kappa shape index (κ2) is 6.19. The van der Waals surface area contributed by atoms with Gasteiger partial charge in [0.2, 0.25) is 0 Å². The number of benzene rings is 2. The predicted molar refractivity (Wildman–Crippen MR) is 76.6 cm³/mol. The molecule has 0 bridgehead atoms. The Morgan fingerprint density at radius 2 is 1.84 bits per heavy atom. The van der Waals surface area contributed by atoms with Gasteiger partial charge in [0.1, 0.15) is 11.5 Å². The van der Waals surface area contributed by atoms with E-state index in [2.05, 4.69) is 12.1 Å². The Labute approximate surface area is 114 Å². The zero-order valence-corrected chi connectivity index (χ0v) is 11.3. The summed E-state index contributed by atoms with van der Waals surface area (Å²) in [5, 5.41) is 0. The average molecular weight is 254 g/mol. The maximum Gasteiger partial charge on any atom is 0.137 e. The maximum absolute atomic E-state index is 11.9. The first kappa shape index (κ1) is 13.3. The highest BCUT2D eigenvalue weighted by Crippen LogP contribution is 2.25. The average Bonchev–Trinajstić information content (AvgIpc) is 2.45. The maximum atomic E-state index is 11.9. The molecule has 0 heterocycles. The van der Waals surface area contributed by atoms with Gasteiger partial charge in [-0.25, -0.2) is 0 Å². The Hall–Kier alpha value is -2.09. The van der Waals surface area contributed by atoms with Crippen LogP contribution in [0.5, 0.6) is 5.75 Å². The SMILES string of the molecule is COc1cccc([C@H](Cc2ccccc2)C(C)=O)c1. The summed E-state index contributed by atoms with van der Waals surface area (Å²) in [5.41, 5.74) is 2.18. The van der Waals surface area contributed by atoms with Gasteiger partial charge in [0.15, 0.2) is 0 Å². The molecule has 0 spiro atoms. The molecule has 1 atom stereocenters. The number of ketones is 1. The van der Waals surface area contributed by atoms with E-state index in [-0.39, 0.29) is 11.7 Å². The van der Waals surface area contributed by atoms with Gasteiger partial charge in [-0.1, -0.05) is 42.5 Å². The van der Waals surface area contributed by atoms with Gasteiger partial charge in [-0.05, 0) is 36.6 Å². The molecule has 2 aromatic carbocycles. The van der Waals surface area contributed by atoms with Gasteiger partial charge < -0.3 is 4.74 Å². The summed E-state index contributed by atoms with van der Waals surface area (Å²) < 4.78 is 5.22. The Bertz CT molecular complexity index is 546. The lowest BCUT2D eigenvalue weighted by molar-refractivity contribution is -0.118. The number of Topliss-reactive ketones (excluding diaryl/α,β-unsaturated/α-hetero) is 1. The molecular weight excluding hydrogens is 236 g/mol. The molecular formula is C17H18O2. The molecule has 0 aliphatic rings. The molecule has 98 valence electrons. The largest absolute Gasteiger partial charge is 0.497 e. The van der Waals surface area contributed by atoms with Crippen molar-refractivity contribution in [1.29, 1.82) is 0 Å². The Balaban J connectivity index is 2.27. The van der Waals surface area contributed by atoms with Crippen LogP contribution in [0, 0.1) is 0 Å². The molecule has 0 radical (unpaired) electrons. The first-order valence-corrected chi connectivity index (χ1v) is 6.39. The van der Waals surface area contributed by atoms with E-state index < -0.39 is 0 Å². The normalized spacial score (nSPS) is 11.9. The molecule has 0 saturated heterocycles. The van der Waals surface area contributed by atoms with Gasteiger partial charge in [-0.3, -0.25) is 4.79 Å². The number of hydrogen-bond donors (Lipinski definition) is 0. The molecule has 19 heavy (non-hydrogen) atoms. The van der Waals surface area contributed by atoms with Crippen molar-refractivity contribution < 1.29 is 9.53 Å². The van der Waals surface area contributed by atoms with E-state index in [0.29, 0.717) is 0 Å². The van der Waals surface area contributed by atoms with Crippen LogP contribution in [0.1, 0.15) is 24.0 Å². The number of methoxy groups -OCH3 is 1. The highest BCUT2D eigenvalue weighted by molar-refractivity contribution is 5.83. The fraction of sp³-hybridized carbons (Fsp3) is 0.235. The van der Waals surface area contributed by atoms with Crippen molar-refractivity contribution in [2.45, 2.75) is 19.3 Å². The molecule has 2 heteroatoms. The van der Waals surface area contributed by atoms with Gasteiger partial charge in [0, 0.05) is 5.92 Å². The van der Waals surface area contributed by atoms with Crippen molar-refractivity contribution in [2.75, 3.05) is 7.11 Å². The minimum Gasteiger partial charge on any atom is -0.497 e. The fourth-order valence-electron chi connectivity index (χ4n) is 2.20. The van der Waals surface area contributed by atoms with Crippen LogP contribution in [0.3, 0.4) is 0 Å². The lowest BCUT2D eigenvalue weighted by Crippen LogP contribution is -2.12. The summed E-state index contributed by atoms with van der Waals surface area (Å²) in [6.45, 7) is 1.65. The summed E-state index contributed by atoms with van der Waals surface area (Å²) >= 11 is 0. The molecule has 0 unspecified atom stereocenters. The number of hydrogen-bond acceptors (Lipinski definition) is 2. The van der Waals surface area contributed by atoms with Crippen molar-refractivity contribution in [3.63, 3.8) is 0 Å². The number of carbonyl (C=O) groups excluding carboxylic acids is 1. The van der Waals surface area contributed by atoms with E-state index in [9.17, 15) is 4.79 Å². The summed E-state index contributed by atoms with van der Waals surface area (Å²) in [4.78, 5) is 11.9. The molecule has 2 nitrogen and oxygen atoms in total. The first-order valence-electron chi connectivity index (χ1n) is 6.39. The van der Waals surface area contributed by atoms with Crippen LogP contribution in [0.25, 0.3) is 0 Å². The predicted octanol–water partition coefficient (Wildman–Crippen LogP) is 3.61. The topological polar surface area (TPSA) is 26.3 Å². The van der Waals surface area contributed by atoms with Crippen LogP contribution in [0.15, 0.2) is 54.6 Å². The lowest BCUT2D eigenvalue weighted by Gasteiger charge is -2.15. The van der Waals surface area contributed by atoms with Crippen LogP contribution in [0.4, 0.5) is 0 Å². The summed E-state index contributed by atoms with van der Waals surface area (Å²) in [6.07, 6.45) is 0.726. The summed E-state index contributed by atoms with van der Waals surface area (Å²) in [7, 11) is 1.64. The summed E-state index contributed by atoms with van der Waals surface area (Å²) in [6, 6.07) is 17.8. The second-order valence-corrected chi connectivity index (χ2v) is 4.63. The van der Waals surface area contributed by atoms with Gasteiger partial charge in [0.05, 0.1) is 7.11 Å². The number of rotatable bonds is 5. The first-order chi connectivity index (χ1) is 9.20. The van der Waals surface area contributed by atoms with Crippen molar-refractivity contribution in [2.24, 2.45) is 0 Å². The number of carbonyl (C=O) groups is 1. The fourth-order valence-corrected chi connectivity index (χ4v) is 2.20. The Morgan fingerprint density at radius 1 is 1.11 bits per heavy atom. The molecule has 0 aliphatic heterocycles. The third-order valence-corrected chi connectivity index (χ3v) is 3.27. The zero-order chi connectivity index (χ0) is 13.7. The molecule has 0 fully saturated rings. The van der Waals surface area contributed by atoms with Gasteiger partial charge in [-0.2, -0.15) is 0 Å². The lowest BCUT2D eigenvalue weighted by atomic mass is 9.89. The van der Waals surface area contributed by atoms with E-state index in [1.165, 1.54) is 5.56 Å². The standard InChI is InChI=1S/C17H18O2/c1-13(18)17(11-14-7-4-3-5-8-14)15-9-6-10-16(12-15)19-2/h3-10,12,17H,11H2,1-2H3/t17-/m1/s1. The number of ether oxygens (including phenoxy) is 1. The second-order valence-electron chi connectivity index (χ2n) is 4.63. The van der Waals surface area contributed by atoms with Gasteiger partial charge in [-0.15, -0.1) is 0 Å². The third kappa shape index (κ3) is 3.44. The van der Waals surface area contributed by atoms with E-state index in [0.717, 1.165) is 17.7 Å². The van der Waals surface area contributed by atoms with Crippen molar-refractivity contribution >= 4 is 5.78 Å². The molecule has 0 aliphatic carbocycles. The van der Waals surface area contributed by atoms with Crippen molar-refractivity contribution in [3.8, 4) is 5.75 Å². The monoisotopic (exact) mass is 254 g/mol. The smallest absolute Gasteiger partial charge is 0.137 e. The van der Waals surface area contributed by atoms with E-state index in [1.54, 1.807) is 14.0 Å². The minimum absolute atomic E-state index is 0.113. The Kier molecular flexibility index (Phi) is 4.35. The van der Waals surface area contributed by atoms with E-state index in [4.69, 9.17) is 4.74 Å². The van der Waals surface area contributed by atoms with Crippen LogP contribution in [0.2, 0.25) is 0 Å². The zero-order valence-electron chi connectivity index (χ0n) is 11.3. The Morgan fingerprint density at radius 3 is 2.47 bits per heavy atom. The van der Waals surface area contributed by atoms with Crippen LogP contribution >= 0.6 is 0 Å². The molecule has 0 N–H and O–H groups in total. The molecule has 2 rings (SSSR count). The van der Waals surface area contributed by atoms with E-state index >= 15 is 0 Å².